The minimum Gasteiger partial charge on any atom is -0.310 e. The quantitative estimate of drug-likeness (QED) is 0.0949. The molecule has 4 nitrogen and oxygen atoms in total. The Bertz CT molecular complexity index is 6520. The molecule has 0 N–H and O–H groups in total. The zero-order valence-corrected chi connectivity index (χ0v) is 61.9. The van der Waals surface area contributed by atoms with E-state index in [2.05, 4.69) is 448 Å². The predicted octanol–water partition coefficient (Wildman–Crippen LogP) is 29.8. The summed E-state index contributed by atoms with van der Waals surface area (Å²) in [6.07, 6.45) is 4.42. The molecule has 522 valence electrons. The minimum absolute atomic E-state index is 0.268. The van der Waals surface area contributed by atoms with Gasteiger partial charge in [-0.05, 0) is 273 Å². The van der Waals surface area contributed by atoms with Crippen molar-refractivity contribution in [2.75, 3.05) is 19.6 Å². The number of hydrogen-bond acceptors (Lipinski definition) is 4. The molecule has 110 heavy (non-hydrogen) atoms. The SMILES string of the molecule is CC1(C)c2cc(N(c3ccccc3)c3ccc(-c4ccc5cc(N(c6ccc(/C=C/c7ccc(N(c8ccc9ccccc9c8)c8ccc9ccccc9c8)cc7)cc6)c6ccc7ccccc7c6)ccc5c4)cc3)ccc2-c2cc3c(cc21)-c1c(cc(N(c2ccccc2)c2ccccc2)c2ccccc12)C3(C)C. The molecule has 0 aromatic heterocycles. The molecule has 0 bridgehead atoms. The maximum Gasteiger partial charge on any atom is 0.0543 e. The van der Waals surface area contributed by atoms with Crippen LogP contribution in [-0.4, -0.2) is 0 Å². The van der Waals surface area contributed by atoms with E-state index < -0.39 is 0 Å². The van der Waals surface area contributed by atoms with E-state index in [1.165, 1.54) is 110 Å². The summed E-state index contributed by atoms with van der Waals surface area (Å²) < 4.78 is 0. The molecular formula is C106H78N4. The molecule has 2 aliphatic carbocycles. The first-order chi connectivity index (χ1) is 54.0. The predicted molar refractivity (Wildman–Crippen MR) is 469 cm³/mol. The van der Waals surface area contributed by atoms with E-state index in [9.17, 15) is 0 Å². The first kappa shape index (κ1) is 65.7. The lowest BCUT2D eigenvalue weighted by atomic mass is 9.79. The van der Waals surface area contributed by atoms with E-state index >= 15 is 0 Å². The van der Waals surface area contributed by atoms with Crippen LogP contribution < -0.4 is 19.6 Å². The van der Waals surface area contributed by atoms with Gasteiger partial charge in [-0.1, -0.05) is 270 Å². The fourth-order valence-corrected chi connectivity index (χ4v) is 17.6. The lowest BCUT2D eigenvalue weighted by Gasteiger charge is -2.29. The Morgan fingerprint density at radius 3 is 1.02 bits per heavy atom. The third kappa shape index (κ3) is 11.5. The zero-order valence-electron chi connectivity index (χ0n) is 61.9. The molecule has 0 spiro atoms. The van der Waals surface area contributed by atoms with Crippen LogP contribution >= 0.6 is 0 Å². The number of benzene rings is 18. The van der Waals surface area contributed by atoms with Gasteiger partial charge in [-0.15, -0.1) is 0 Å². The maximum absolute atomic E-state index is 2.56. The molecule has 0 amide bonds. The molecule has 4 heteroatoms. The topological polar surface area (TPSA) is 13.0 Å². The normalized spacial score (nSPS) is 13.0. The molecule has 0 aliphatic heterocycles. The summed E-state index contributed by atoms with van der Waals surface area (Å²) in [5.41, 5.74) is 28.2. The highest BCUT2D eigenvalue weighted by Crippen LogP contribution is 2.60. The van der Waals surface area contributed by atoms with E-state index in [-0.39, 0.29) is 10.8 Å². The van der Waals surface area contributed by atoms with Crippen molar-refractivity contribution in [2.45, 2.75) is 38.5 Å². The van der Waals surface area contributed by atoms with Crippen molar-refractivity contribution in [3.8, 4) is 33.4 Å². The largest absolute Gasteiger partial charge is 0.310 e. The van der Waals surface area contributed by atoms with Crippen LogP contribution in [0.5, 0.6) is 0 Å². The Labute approximate surface area is 643 Å². The Hall–Kier alpha value is -13.8. The van der Waals surface area contributed by atoms with Crippen LogP contribution in [0, 0.1) is 0 Å². The fraction of sp³-hybridized carbons (Fsp3) is 0.0566. The molecule has 0 radical (unpaired) electrons. The molecule has 0 saturated carbocycles. The van der Waals surface area contributed by atoms with Crippen molar-refractivity contribution in [3.63, 3.8) is 0 Å². The smallest absolute Gasteiger partial charge is 0.0543 e. The Kier molecular flexibility index (Phi) is 15.9. The van der Waals surface area contributed by atoms with Crippen molar-refractivity contribution in [2.24, 2.45) is 0 Å². The first-order valence-electron chi connectivity index (χ1n) is 38.3. The van der Waals surface area contributed by atoms with Crippen molar-refractivity contribution < 1.29 is 0 Å². The van der Waals surface area contributed by atoms with E-state index in [0.717, 1.165) is 79.3 Å². The second kappa shape index (κ2) is 26.6. The molecule has 18 aromatic carbocycles. The third-order valence-electron chi connectivity index (χ3n) is 23.3. The van der Waals surface area contributed by atoms with Crippen LogP contribution in [0.2, 0.25) is 0 Å². The lowest BCUT2D eigenvalue weighted by molar-refractivity contribution is 0.652. The van der Waals surface area contributed by atoms with Gasteiger partial charge in [0.05, 0.1) is 5.69 Å². The van der Waals surface area contributed by atoms with E-state index in [1.807, 2.05) is 0 Å². The van der Waals surface area contributed by atoms with Gasteiger partial charge in [0, 0.05) is 78.8 Å². The molecule has 2 aliphatic rings. The van der Waals surface area contributed by atoms with Gasteiger partial charge in [-0.25, -0.2) is 0 Å². The van der Waals surface area contributed by atoms with Crippen molar-refractivity contribution in [1.29, 1.82) is 0 Å². The Balaban J connectivity index is 0.579. The first-order valence-corrected chi connectivity index (χ1v) is 38.3. The Morgan fingerprint density at radius 1 is 0.200 bits per heavy atom. The number of para-hydroxylation sites is 3. The average Bonchev–Trinajstić information content (AvgIpc) is 1.53. The van der Waals surface area contributed by atoms with Gasteiger partial charge >= 0.3 is 0 Å². The summed E-state index contributed by atoms with van der Waals surface area (Å²) in [6, 6.07) is 143. The van der Waals surface area contributed by atoms with Crippen molar-refractivity contribution in [3.05, 3.63) is 422 Å². The standard InChI is InChI=1S/C106H78N4/c1-105(2)99-67-93(60-61-94(99)97-68-101-98(69-100(97)105)104-96-35-21-20-34-95(96)103(70-102(104)106(101,3)4)110(84-30-10-6-11-31-84)85-32-12-7-13-33-85)107(83-28-8-5-9-29-83)88-54-44-76(45-55-88)80-42-43-82-66-92(59-49-81(82)62-80)109(91-58-48-75-24-16-19-27-79(75)65-91)87-52-40-72(41-53-87)37-36-71-38-50-86(51-39-71)108(89-56-46-73-22-14-17-25-77(73)63-89)90-57-47-74-23-15-18-26-78(74)64-90/h5-70H,1-4H3/b37-36+. The number of anilines is 12. The lowest BCUT2D eigenvalue weighted by Crippen LogP contribution is -2.18. The van der Waals surface area contributed by atoms with Gasteiger partial charge < -0.3 is 19.6 Å². The van der Waals surface area contributed by atoms with Gasteiger partial charge in [-0.3, -0.25) is 0 Å². The summed E-state index contributed by atoms with van der Waals surface area (Å²) in [5.74, 6) is 0. The molecule has 0 heterocycles. The molecular weight excluding hydrogens is 1330 g/mol. The van der Waals surface area contributed by atoms with Crippen LogP contribution in [0.25, 0.3) is 99.4 Å². The number of hydrogen-bond donors (Lipinski definition) is 0. The molecule has 0 atom stereocenters. The number of fused-ring (bicyclic) bond motifs is 12. The van der Waals surface area contributed by atoms with Crippen LogP contribution in [0.4, 0.5) is 68.2 Å². The van der Waals surface area contributed by atoms with Crippen molar-refractivity contribution in [1.82, 2.24) is 0 Å². The number of rotatable bonds is 15. The molecule has 20 rings (SSSR count). The minimum atomic E-state index is -0.279. The van der Waals surface area contributed by atoms with E-state index in [1.54, 1.807) is 0 Å². The van der Waals surface area contributed by atoms with Gasteiger partial charge in [0.15, 0.2) is 0 Å². The summed E-state index contributed by atoms with van der Waals surface area (Å²) in [7, 11) is 0. The van der Waals surface area contributed by atoms with Crippen LogP contribution in [0.15, 0.2) is 388 Å². The number of nitrogens with zero attached hydrogens (tertiary/aromatic N) is 4. The van der Waals surface area contributed by atoms with Gasteiger partial charge in [0.25, 0.3) is 0 Å². The third-order valence-corrected chi connectivity index (χ3v) is 23.3. The average molecular weight is 1410 g/mol. The van der Waals surface area contributed by atoms with Crippen LogP contribution in [0.1, 0.15) is 61.1 Å². The summed E-state index contributed by atoms with van der Waals surface area (Å²) in [4.78, 5) is 9.59. The Morgan fingerprint density at radius 2 is 0.518 bits per heavy atom. The molecule has 0 saturated heterocycles. The zero-order chi connectivity index (χ0) is 73.6. The van der Waals surface area contributed by atoms with Crippen LogP contribution in [0.3, 0.4) is 0 Å². The fourth-order valence-electron chi connectivity index (χ4n) is 17.6. The van der Waals surface area contributed by atoms with E-state index in [4.69, 9.17) is 0 Å². The molecule has 0 unspecified atom stereocenters. The molecule has 0 fully saturated rings. The molecule has 18 aromatic rings. The summed E-state index contributed by atoms with van der Waals surface area (Å²) >= 11 is 0. The van der Waals surface area contributed by atoms with Gasteiger partial charge in [0.1, 0.15) is 0 Å². The highest BCUT2D eigenvalue weighted by Gasteiger charge is 2.43. The maximum atomic E-state index is 2.56. The second-order valence-electron chi connectivity index (χ2n) is 30.5. The van der Waals surface area contributed by atoms with Gasteiger partial charge in [0.2, 0.25) is 0 Å². The van der Waals surface area contributed by atoms with Crippen molar-refractivity contribution >= 4 is 134 Å². The van der Waals surface area contributed by atoms with Crippen LogP contribution in [-0.2, 0) is 10.8 Å². The van der Waals surface area contributed by atoms with Gasteiger partial charge in [-0.2, -0.15) is 0 Å². The van der Waals surface area contributed by atoms with E-state index in [0.29, 0.717) is 0 Å². The monoisotopic (exact) mass is 1410 g/mol. The summed E-state index contributed by atoms with van der Waals surface area (Å²) in [5, 5.41) is 12.1. The second-order valence-corrected chi connectivity index (χ2v) is 30.5. The highest BCUT2D eigenvalue weighted by molar-refractivity contribution is 6.11. The summed E-state index contributed by atoms with van der Waals surface area (Å²) in [6.45, 7) is 9.70. The highest BCUT2D eigenvalue weighted by atomic mass is 15.2.